The molecule has 2 rings (SSSR count). The van der Waals surface area contributed by atoms with Gasteiger partial charge in [-0.3, -0.25) is 4.79 Å². The molecule has 5 nitrogen and oxygen atoms in total. The molecule has 0 saturated carbocycles. The molecule has 0 bridgehead atoms. The summed E-state index contributed by atoms with van der Waals surface area (Å²) >= 11 is 0. The number of ether oxygens (including phenoxy) is 3. The van der Waals surface area contributed by atoms with Crippen molar-refractivity contribution in [1.82, 2.24) is 0 Å². The van der Waals surface area contributed by atoms with Crippen molar-refractivity contribution in [2.24, 2.45) is 11.3 Å². The van der Waals surface area contributed by atoms with Gasteiger partial charge in [-0.05, 0) is 18.9 Å². The molecule has 0 radical (unpaired) electrons. The third-order valence-electron chi connectivity index (χ3n) is 4.44. The number of carboxylic acid groups (broad SMARTS) is 1. The van der Waals surface area contributed by atoms with Gasteiger partial charge >= 0.3 is 5.97 Å². The lowest BCUT2D eigenvalue weighted by molar-refractivity contribution is -0.275. The number of hydrogen-bond donors (Lipinski definition) is 1. The first-order valence-electron chi connectivity index (χ1n) is 9.09. The zero-order valence-electron chi connectivity index (χ0n) is 16.1. The lowest BCUT2D eigenvalue weighted by atomic mass is 9.89. The van der Waals surface area contributed by atoms with Crippen LogP contribution in [0.25, 0.3) is 0 Å². The molecule has 3 atom stereocenters. The fourth-order valence-corrected chi connectivity index (χ4v) is 3.05. The molecule has 144 valence electrons. The Morgan fingerprint density at radius 2 is 2.04 bits per heavy atom. The Balaban J connectivity index is 2.16. The molecule has 1 aliphatic rings. The van der Waals surface area contributed by atoms with Crippen LogP contribution in [-0.4, -0.2) is 31.1 Å². The minimum Gasteiger partial charge on any atom is -0.496 e. The molecule has 1 N–H and O–H groups in total. The van der Waals surface area contributed by atoms with Crippen LogP contribution in [0.5, 0.6) is 5.75 Å². The summed E-state index contributed by atoms with van der Waals surface area (Å²) in [6.07, 6.45) is 4.98. The van der Waals surface area contributed by atoms with E-state index in [4.69, 9.17) is 19.3 Å². The Bertz CT molecular complexity index is 617. The third-order valence-corrected chi connectivity index (χ3v) is 4.44. The van der Waals surface area contributed by atoms with Crippen molar-refractivity contribution in [3.05, 3.63) is 42.0 Å². The molecule has 0 aliphatic carbocycles. The van der Waals surface area contributed by atoms with Crippen LogP contribution in [0.2, 0.25) is 0 Å². The van der Waals surface area contributed by atoms with Gasteiger partial charge in [0.1, 0.15) is 5.75 Å². The molecular weight excluding hydrogens is 332 g/mol. The molecule has 3 unspecified atom stereocenters. The second kappa shape index (κ2) is 9.19. The van der Waals surface area contributed by atoms with E-state index in [0.717, 1.165) is 17.7 Å². The average Bonchev–Trinajstić information content (AvgIpc) is 2.60. The van der Waals surface area contributed by atoms with Crippen molar-refractivity contribution in [3.63, 3.8) is 0 Å². The quantitative estimate of drug-likeness (QED) is 0.719. The number of methoxy groups -OCH3 is 1. The van der Waals surface area contributed by atoms with E-state index in [1.165, 1.54) is 0 Å². The normalized spacial score (nSPS) is 23.9. The van der Waals surface area contributed by atoms with Crippen LogP contribution in [-0.2, 0) is 14.3 Å². The lowest BCUT2D eigenvalue weighted by Crippen LogP contribution is -2.41. The largest absolute Gasteiger partial charge is 0.496 e. The first-order chi connectivity index (χ1) is 12.3. The van der Waals surface area contributed by atoms with Crippen molar-refractivity contribution in [1.29, 1.82) is 0 Å². The maximum atomic E-state index is 10.6. The molecule has 26 heavy (non-hydrogen) atoms. The Labute approximate surface area is 156 Å². The maximum Gasteiger partial charge on any atom is 0.303 e. The zero-order valence-corrected chi connectivity index (χ0v) is 16.1. The molecule has 1 aliphatic heterocycles. The van der Waals surface area contributed by atoms with Crippen LogP contribution >= 0.6 is 0 Å². The summed E-state index contributed by atoms with van der Waals surface area (Å²) in [6, 6.07) is 7.92. The van der Waals surface area contributed by atoms with Crippen molar-refractivity contribution < 1.29 is 24.1 Å². The van der Waals surface area contributed by atoms with Gasteiger partial charge in [-0.15, -0.1) is 0 Å². The summed E-state index contributed by atoms with van der Waals surface area (Å²) in [4.78, 5) is 10.6. The lowest BCUT2D eigenvalue weighted by Gasteiger charge is -2.42. The van der Waals surface area contributed by atoms with E-state index in [1.807, 2.05) is 36.4 Å². The number of allylic oxidation sites excluding steroid dienone is 2. The summed E-state index contributed by atoms with van der Waals surface area (Å²) in [5, 5.41) is 8.73. The van der Waals surface area contributed by atoms with E-state index in [2.05, 4.69) is 20.8 Å². The third kappa shape index (κ3) is 5.58. The van der Waals surface area contributed by atoms with Crippen molar-refractivity contribution in [2.75, 3.05) is 13.7 Å². The van der Waals surface area contributed by atoms with Gasteiger partial charge < -0.3 is 19.3 Å². The van der Waals surface area contributed by atoms with E-state index in [1.54, 1.807) is 7.11 Å². The molecule has 1 saturated heterocycles. The summed E-state index contributed by atoms with van der Waals surface area (Å²) in [5.74, 6) is 0.178. The molecule has 0 spiro atoms. The fraction of sp³-hybridized carbons (Fsp3) is 0.571. The van der Waals surface area contributed by atoms with Gasteiger partial charge in [0.15, 0.2) is 6.29 Å². The van der Waals surface area contributed by atoms with Crippen molar-refractivity contribution in [2.45, 2.75) is 52.4 Å². The number of aliphatic carboxylic acids is 1. The van der Waals surface area contributed by atoms with Crippen LogP contribution in [0, 0.1) is 11.3 Å². The number of para-hydroxylation sites is 1. The maximum absolute atomic E-state index is 10.6. The van der Waals surface area contributed by atoms with Gasteiger partial charge in [-0.2, -0.15) is 0 Å². The topological polar surface area (TPSA) is 65.0 Å². The standard InChI is InChI=1S/C21H30O5/c1-21(2,3)20-25-14-15(10-6-5-7-13-18(22)23)19(26-20)16-11-8-9-12-17(16)24-4/h5-6,8-9,11-12,15,19-20H,7,10,13-14H2,1-4H3,(H,22,23)/b6-5-. The summed E-state index contributed by atoms with van der Waals surface area (Å²) in [6.45, 7) is 6.89. The number of rotatable bonds is 7. The van der Waals surface area contributed by atoms with Crippen LogP contribution in [0.15, 0.2) is 36.4 Å². The zero-order chi connectivity index (χ0) is 19.2. The Morgan fingerprint density at radius 1 is 1.31 bits per heavy atom. The van der Waals surface area contributed by atoms with Crippen LogP contribution in [0.1, 0.15) is 51.7 Å². The van der Waals surface area contributed by atoms with Gasteiger partial charge in [0.05, 0.1) is 19.8 Å². The Kier molecular flexibility index (Phi) is 7.23. The van der Waals surface area contributed by atoms with Gasteiger partial charge in [-0.25, -0.2) is 0 Å². The fourth-order valence-electron chi connectivity index (χ4n) is 3.05. The summed E-state index contributed by atoms with van der Waals surface area (Å²) < 4.78 is 17.9. The predicted octanol–water partition coefficient (Wildman–Crippen LogP) is 4.58. The minimum absolute atomic E-state index is 0.122. The van der Waals surface area contributed by atoms with Crippen molar-refractivity contribution >= 4 is 5.97 Å². The number of hydrogen-bond acceptors (Lipinski definition) is 4. The molecular formula is C21H30O5. The second-order valence-electron chi connectivity index (χ2n) is 7.73. The highest BCUT2D eigenvalue weighted by molar-refractivity contribution is 5.66. The van der Waals surface area contributed by atoms with E-state index >= 15 is 0 Å². The first kappa shape index (κ1) is 20.5. The predicted molar refractivity (Wildman–Crippen MR) is 100 cm³/mol. The average molecular weight is 362 g/mol. The van der Waals surface area contributed by atoms with E-state index < -0.39 is 5.97 Å². The highest BCUT2D eigenvalue weighted by atomic mass is 16.7. The van der Waals surface area contributed by atoms with Crippen LogP contribution < -0.4 is 4.74 Å². The van der Waals surface area contributed by atoms with Gasteiger partial charge in [0, 0.05) is 23.3 Å². The molecule has 1 aromatic carbocycles. The molecule has 1 heterocycles. The smallest absolute Gasteiger partial charge is 0.303 e. The van der Waals surface area contributed by atoms with Crippen molar-refractivity contribution in [3.8, 4) is 5.75 Å². The van der Waals surface area contributed by atoms with Gasteiger partial charge in [0.25, 0.3) is 0 Å². The van der Waals surface area contributed by atoms with E-state index in [-0.39, 0.29) is 30.1 Å². The Morgan fingerprint density at radius 3 is 2.69 bits per heavy atom. The van der Waals surface area contributed by atoms with Gasteiger partial charge in [-0.1, -0.05) is 51.1 Å². The van der Waals surface area contributed by atoms with Crippen LogP contribution in [0.3, 0.4) is 0 Å². The molecule has 5 heteroatoms. The molecule has 0 aromatic heterocycles. The Hall–Kier alpha value is -1.85. The summed E-state index contributed by atoms with van der Waals surface area (Å²) in [7, 11) is 1.67. The number of benzene rings is 1. The number of carboxylic acids is 1. The molecule has 1 fully saturated rings. The van der Waals surface area contributed by atoms with E-state index in [9.17, 15) is 4.79 Å². The second-order valence-corrected chi connectivity index (χ2v) is 7.73. The SMILES string of the molecule is COc1ccccc1C1OC(C(C)(C)C)OCC1C/C=C\CCC(=O)O. The molecule has 1 aromatic rings. The minimum atomic E-state index is -0.779. The highest BCUT2D eigenvalue weighted by Crippen LogP contribution is 2.42. The van der Waals surface area contributed by atoms with E-state index in [0.29, 0.717) is 13.0 Å². The number of carbonyl (C=O) groups is 1. The first-order valence-corrected chi connectivity index (χ1v) is 9.09. The monoisotopic (exact) mass is 362 g/mol. The molecule has 0 amide bonds. The highest BCUT2D eigenvalue weighted by Gasteiger charge is 2.39. The van der Waals surface area contributed by atoms with Crippen LogP contribution in [0.4, 0.5) is 0 Å². The van der Waals surface area contributed by atoms with Gasteiger partial charge in [0.2, 0.25) is 0 Å². The summed E-state index contributed by atoms with van der Waals surface area (Å²) in [5.41, 5.74) is 0.902.